The molecule has 0 bridgehead atoms. The number of aryl methyl sites for hydroxylation is 1. The summed E-state index contributed by atoms with van der Waals surface area (Å²) in [6.45, 7) is 4.33. The number of piperazine rings is 1. The Morgan fingerprint density at radius 1 is 0.946 bits per heavy atom. The van der Waals surface area contributed by atoms with Crippen molar-refractivity contribution in [2.75, 3.05) is 49.5 Å². The molecule has 4 aromatic rings. The second-order valence-corrected chi connectivity index (χ2v) is 10.4. The van der Waals surface area contributed by atoms with Gasteiger partial charge in [-0.1, -0.05) is 35.9 Å². The molecule has 1 atom stereocenters. The number of hydrogen-bond donors (Lipinski definition) is 2. The zero-order valence-electron chi connectivity index (χ0n) is 20.8. The molecule has 0 radical (unpaired) electrons. The minimum Gasteiger partial charge on any atom is -0.486 e. The molecule has 190 valence electrons. The summed E-state index contributed by atoms with van der Waals surface area (Å²) >= 11 is 6.00. The zero-order valence-corrected chi connectivity index (χ0v) is 21.5. The number of carbonyl (C=O) groups is 1. The van der Waals surface area contributed by atoms with Gasteiger partial charge in [0.1, 0.15) is 17.9 Å². The summed E-state index contributed by atoms with van der Waals surface area (Å²) in [4.78, 5) is 22.0. The van der Waals surface area contributed by atoms with Crippen molar-refractivity contribution in [1.82, 2.24) is 9.88 Å². The van der Waals surface area contributed by atoms with Gasteiger partial charge in [0.2, 0.25) is 0 Å². The van der Waals surface area contributed by atoms with Crippen LogP contribution in [0.2, 0.25) is 5.02 Å². The Labute approximate surface area is 222 Å². The fraction of sp³-hybridized carbons (Fsp3) is 0.300. The first-order valence-electron chi connectivity index (χ1n) is 12.9. The largest absolute Gasteiger partial charge is 0.486 e. The fourth-order valence-electron chi connectivity index (χ4n) is 5.64. The molecule has 1 aromatic heterocycles. The predicted molar refractivity (Wildman–Crippen MR) is 150 cm³/mol. The Balaban J connectivity index is 1.17. The van der Waals surface area contributed by atoms with Crippen molar-refractivity contribution in [3.8, 4) is 5.75 Å². The van der Waals surface area contributed by atoms with Crippen molar-refractivity contribution < 1.29 is 9.53 Å². The lowest BCUT2D eigenvalue weighted by Gasteiger charge is -2.44. The van der Waals surface area contributed by atoms with E-state index in [-0.39, 0.29) is 12.4 Å². The van der Waals surface area contributed by atoms with Crippen molar-refractivity contribution >= 4 is 39.7 Å². The SMILES string of the molecule is O=C(COc1ccc(Cl)cc1)C1(CN2CCN(c3cccc4[nH]ccc34)CC2)CCc2ccccc2N1. The van der Waals surface area contributed by atoms with E-state index in [1.54, 1.807) is 24.3 Å². The Hall–Kier alpha value is -3.48. The normalized spacial score (nSPS) is 19.9. The number of benzene rings is 3. The number of nitrogens with zero attached hydrogens (tertiary/aromatic N) is 2. The number of halogens is 1. The fourth-order valence-corrected chi connectivity index (χ4v) is 5.76. The van der Waals surface area contributed by atoms with E-state index >= 15 is 0 Å². The maximum Gasteiger partial charge on any atom is 0.196 e. The van der Waals surface area contributed by atoms with Crippen LogP contribution in [0.4, 0.5) is 11.4 Å². The number of carbonyl (C=O) groups excluding carboxylic acids is 1. The van der Waals surface area contributed by atoms with Crippen LogP contribution in [0.5, 0.6) is 5.75 Å². The van der Waals surface area contributed by atoms with Gasteiger partial charge in [0, 0.05) is 66.2 Å². The summed E-state index contributed by atoms with van der Waals surface area (Å²) in [5.41, 5.74) is 4.05. The second-order valence-electron chi connectivity index (χ2n) is 10.0. The second kappa shape index (κ2) is 10.1. The molecule has 2 N–H and O–H groups in total. The highest BCUT2D eigenvalue weighted by Crippen LogP contribution is 2.33. The number of ketones is 1. The topological polar surface area (TPSA) is 60.6 Å². The third-order valence-electron chi connectivity index (χ3n) is 7.71. The third-order valence-corrected chi connectivity index (χ3v) is 7.96. The maximum atomic E-state index is 13.8. The van der Waals surface area contributed by atoms with Crippen LogP contribution in [0.1, 0.15) is 12.0 Å². The number of ether oxygens (including phenoxy) is 1. The standard InChI is InChI=1S/C30H31ClN4O2/c31-23-8-10-24(11-9-23)37-20-29(36)30(14-12-22-4-1-2-5-26(22)33-30)21-34-16-18-35(19-17-34)28-7-3-6-27-25(28)13-15-32-27/h1-11,13,15,32-33H,12,14,16-21H2. The third kappa shape index (κ3) is 4.91. The van der Waals surface area contributed by atoms with Gasteiger partial charge in [0.25, 0.3) is 0 Å². The summed E-state index contributed by atoms with van der Waals surface area (Å²) in [5.74, 6) is 0.730. The number of rotatable bonds is 7. The van der Waals surface area contributed by atoms with Gasteiger partial charge in [0.05, 0.1) is 0 Å². The van der Waals surface area contributed by atoms with Crippen molar-refractivity contribution in [2.24, 2.45) is 0 Å². The number of aromatic nitrogens is 1. The van der Waals surface area contributed by atoms with E-state index in [1.165, 1.54) is 16.6 Å². The Morgan fingerprint density at radius 3 is 2.59 bits per heavy atom. The maximum absolute atomic E-state index is 13.8. The number of hydrogen-bond acceptors (Lipinski definition) is 5. The Bertz CT molecular complexity index is 1390. The van der Waals surface area contributed by atoms with Crippen molar-refractivity contribution in [2.45, 2.75) is 18.4 Å². The van der Waals surface area contributed by atoms with Gasteiger partial charge in [0.15, 0.2) is 5.78 Å². The highest BCUT2D eigenvalue weighted by atomic mass is 35.5. The number of aromatic amines is 1. The zero-order chi connectivity index (χ0) is 25.2. The smallest absolute Gasteiger partial charge is 0.196 e. The highest BCUT2D eigenvalue weighted by molar-refractivity contribution is 6.30. The molecule has 0 aliphatic carbocycles. The monoisotopic (exact) mass is 514 g/mol. The average Bonchev–Trinajstić information content (AvgIpc) is 3.42. The molecule has 0 saturated carbocycles. The van der Waals surface area contributed by atoms with Crippen LogP contribution in [-0.4, -0.2) is 60.5 Å². The summed E-state index contributed by atoms with van der Waals surface area (Å²) in [6, 6.07) is 24.0. The van der Waals surface area contributed by atoms with Gasteiger partial charge in [-0.05, 0) is 66.9 Å². The number of anilines is 2. The van der Waals surface area contributed by atoms with Crippen LogP contribution in [0.25, 0.3) is 10.9 Å². The van der Waals surface area contributed by atoms with Crippen LogP contribution in [0.3, 0.4) is 0 Å². The molecule has 6 rings (SSSR count). The van der Waals surface area contributed by atoms with Gasteiger partial charge >= 0.3 is 0 Å². The molecule has 3 heterocycles. The molecule has 6 nitrogen and oxygen atoms in total. The van der Waals surface area contributed by atoms with Crippen LogP contribution in [-0.2, 0) is 11.2 Å². The molecule has 2 aliphatic heterocycles. The van der Waals surface area contributed by atoms with Crippen molar-refractivity contribution in [1.29, 1.82) is 0 Å². The number of H-pyrrole nitrogens is 1. The molecule has 0 spiro atoms. The van der Waals surface area contributed by atoms with Crippen LogP contribution < -0.4 is 15.0 Å². The lowest BCUT2D eigenvalue weighted by molar-refractivity contribution is -0.126. The van der Waals surface area contributed by atoms with Gasteiger partial charge in [-0.2, -0.15) is 0 Å². The quantitative estimate of drug-likeness (QED) is 0.346. The first-order chi connectivity index (χ1) is 18.1. The van der Waals surface area contributed by atoms with E-state index in [1.807, 2.05) is 12.3 Å². The van der Waals surface area contributed by atoms with Gasteiger partial charge in [-0.15, -0.1) is 0 Å². The summed E-state index contributed by atoms with van der Waals surface area (Å²) in [6.07, 6.45) is 3.61. The van der Waals surface area contributed by atoms with E-state index < -0.39 is 5.54 Å². The minimum atomic E-state index is -0.691. The number of nitrogens with one attached hydrogen (secondary N) is 2. The summed E-state index contributed by atoms with van der Waals surface area (Å²) in [7, 11) is 0. The van der Waals surface area contributed by atoms with Crippen molar-refractivity contribution in [3.63, 3.8) is 0 Å². The van der Waals surface area contributed by atoms with E-state index in [0.717, 1.165) is 50.2 Å². The first kappa shape index (κ1) is 23.9. The molecule has 37 heavy (non-hydrogen) atoms. The summed E-state index contributed by atoms with van der Waals surface area (Å²) in [5, 5.41) is 5.56. The van der Waals surface area contributed by atoms with Crippen LogP contribution in [0, 0.1) is 0 Å². The Kier molecular flexibility index (Phi) is 6.53. The first-order valence-corrected chi connectivity index (χ1v) is 13.3. The van der Waals surface area contributed by atoms with Gasteiger partial charge in [-0.25, -0.2) is 0 Å². The number of Topliss-reactive ketones (excluding diaryl/α,β-unsaturated/α-hetero) is 1. The van der Waals surface area contributed by atoms with E-state index in [2.05, 4.69) is 62.6 Å². The molecule has 1 saturated heterocycles. The van der Waals surface area contributed by atoms with Gasteiger partial charge < -0.3 is 19.9 Å². The number of para-hydroxylation sites is 1. The van der Waals surface area contributed by atoms with E-state index in [9.17, 15) is 4.79 Å². The molecule has 7 heteroatoms. The molecule has 1 fully saturated rings. The van der Waals surface area contributed by atoms with Crippen molar-refractivity contribution in [3.05, 3.63) is 89.6 Å². The van der Waals surface area contributed by atoms with E-state index in [4.69, 9.17) is 16.3 Å². The summed E-state index contributed by atoms with van der Waals surface area (Å²) < 4.78 is 5.91. The lowest BCUT2D eigenvalue weighted by atomic mass is 9.82. The Morgan fingerprint density at radius 2 is 1.76 bits per heavy atom. The molecule has 3 aromatic carbocycles. The van der Waals surface area contributed by atoms with Crippen LogP contribution in [0.15, 0.2) is 79.0 Å². The van der Waals surface area contributed by atoms with Crippen LogP contribution >= 0.6 is 11.6 Å². The molecule has 2 aliphatic rings. The molecule has 0 amide bonds. The average molecular weight is 515 g/mol. The highest BCUT2D eigenvalue weighted by Gasteiger charge is 2.42. The number of fused-ring (bicyclic) bond motifs is 2. The molecular weight excluding hydrogens is 484 g/mol. The molecular formula is C30H31ClN4O2. The minimum absolute atomic E-state index is 0.0201. The predicted octanol–water partition coefficient (Wildman–Crippen LogP) is 5.39. The van der Waals surface area contributed by atoms with E-state index in [0.29, 0.717) is 17.3 Å². The molecule has 1 unspecified atom stereocenters. The van der Waals surface area contributed by atoms with Gasteiger partial charge in [-0.3, -0.25) is 9.69 Å². The lowest BCUT2D eigenvalue weighted by Crippen LogP contribution is -2.60.